The first-order valence-electron chi connectivity index (χ1n) is 16.8. The molecule has 0 aliphatic carbocycles. The molecule has 51 heavy (non-hydrogen) atoms. The second-order valence-electron chi connectivity index (χ2n) is 12.4. The molecule has 3 amide bonds. The molecule has 262 valence electrons. The van der Waals surface area contributed by atoms with Gasteiger partial charge in [0.2, 0.25) is 5.91 Å². The summed E-state index contributed by atoms with van der Waals surface area (Å²) in [6, 6.07) is 33.6. The highest BCUT2D eigenvalue weighted by Gasteiger charge is 2.36. The van der Waals surface area contributed by atoms with E-state index in [1.165, 1.54) is 12.0 Å². The number of methoxy groups -OCH3 is 1. The minimum Gasteiger partial charge on any atom is -0.465 e. The van der Waals surface area contributed by atoms with Crippen LogP contribution < -0.4 is 10.6 Å². The summed E-state index contributed by atoms with van der Waals surface area (Å²) in [5.74, 6) is -0.396. The van der Waals surface area contributed by atoms with Gasteiger partial charge in [-0.2, -0.15) is 15.4 Å². The molecule has 0 unspecified atom stereocenters. The number of nitrogens with one attached hydrogen (secondary N) is 3. The predicted molar refractivity (Wildman–Crippen MR) is 191 cm³/mol. The summed E-state index contributed by atoms with van der Waals surface area (Å²) in [4.78, 5) is 39.7. The number of hydrogen-bond acceptors (Lipinski definition) is 7. The number of carbonyl (C=O) groups excluding carboxylic acids is 2. The lowest BCUT2D eigenvalue weighted by Gasteiger charge is -2.37. The Hall–Kier alpha value is -6.01. The molecule has 1 aromatic heterocycles. The van der Waals surface area contributed by atoms with Crippen molar-refractivity contribution in [3.05, 3.63) is 137 Å². The van der Waals surface area contributed by atoms with E-state index in [2.05, 4.69) is 26.0 Å². The number of aromatic nitrogens is 3. The Morgan fingerprint density at radius 2 is 1.59 bits per heavy atom. The monoisotopic (exact) mass is 688 g/mol. The van der Waals surface area contributed by atoms with Crippen LogP contribution in [0.2, 0.25) is 0 Å². The van der Waals surface area contributed by atoms with E-state index in [1.54, 1.807) is 6.07 Å². The van der Waals surface area contributed by atoms with Crippen molar-refractivity contribution in [2.45, 2.75) is 43.9 Å². The molecule has 1 aliphatic heterocycles. The molecule has 4 N–H and O–H groups in total. The first kappa shape index (κ1) is 34.8. The van der Waals surface area contributed by atoms with E-state index in [1.807, 2.05) is 103 Å². The van der Waals surface area contributed by atoms with Gasteiger partial charge < -0.3 is 25.2 Å². The molecule has 0 bridgehead atoms. The average molecular weight is 689 g/mol. The van der Waals surface area contributed by atoms with Crippen molar-refractivity contribution in [2.24, 2.45) is 0 Å². The van der Waals surface area contributed by atoms with Gasteiger partial charge in [-0.15, -0.1) is 0 Å². The molecule has 12 heteroatoms. The van der Waals surface area contributed by atoms with Crippen molar-refractivity contribution in [2.75, 3.05) is 25.6 Å². The molecular weight excluding hydrogens is 648 g/mol. The van der Waals surface area contributed by atoms with E-state index >= 15 is 0 Å². The number of morpholine rings is 1. The van der Waals surface area contributed by atoms with Gasteiger partial charge in [0.15, 0.2) is 0 Å². The first-order valence-corrected chi connectivity index (χ1v) is 16.8. The number of rotatable bonds is 12. The molecule has 12 nitrogen and oxygen atoms in total. The van der Waals surface area contributed by atoms with Gasteiger partial charge >= 0.3 is 12.2 Å². The fourth-order valence-corrected chi connectivity index (χ4v) is 6.28. The summed E-state index contributed by atoms with van der Waals surface area (Å²) in [6.45, 7) is 0.289. The highest BCUT2D eigenvalue weighted by molar-refractivity contribution is 5.97. The quantitative estimate of drug-likeness (QED) is 0.124. The summed E-state index contributed by atoms with van der Waals surface area (Å²) >= 11 is 0. The third-order valence-corrected chi connectivity index (χ3v) is 9.00. The van der Waals surface area contributed by atoms with Crippen LogP contribution in [0.3, 0.4) is 0 Å². The van der Waals surface area contributed by atoms with Gasteiger partial charge in [0.1, 0.15) is 17.8 Å². The molecule has 0 radical (unpaired) electrons. The lowest BCUT2D eigenvalue weighted by Crippen LogP contribution is -2.47. The minimum absolute atomic E-state index is 0.136. The maximum absolute atomic E-state index is 13.6. The molecule has 0 spiro atoms. The molecule has 1 aliphatic rings. The van der Waals surface area contributed by atoms with Crippen molar-refractivity contribution in [3.63, 3.8) is 0 Å². The van der Waals surface area contributed by atoms with Crippen LogP contribution in [0.15, 0.2) is 109 Å². The first-order chi connectivity index (χ1) is 24.9. The van der Waals surface area contributed by atoms with Crippen LogP contribution in [-0.4, -0.2) is 75.9 Å². The van der Waals surface area contributed by atoms with Gasteiger partial charge in [-0.3, -0.25) is 9.69 Å². The highest BCUT2D eigenvalue weighted by atomic mass is 16.5. The van der Waals surface area contributed by atoms with E-state index in [-0.39, 0.29) is 25.7 Å². The van der Waals surface area contributed by atoms with E-state index in [0.29, 0.717) is 36.3 Å². The number of benzene rings is 4. The fourth-order valence-electron chi connectivity index (χ4n) is 6.28. The van der Waals surface area contributed by atoms with Crippen LogP contribution in [0.5, 0.6) is 0 Å². The Balaban J connectivity index is 1.09. The molecule has 5 aromatic rings. The molecule has 6 rings (SSSR count). The summed E-state index contributed by atoms with van der Waals surface area (Å²) < 4.78 is 11.0. The van der Waals surface area contributed by atoms with Gasteiger partial charge in [0.25, 0.3) is 0 Å². The standard InChI is InChI=1S/C39H40N6O6/c1-50-38(47)41-34(23-27-16-18-29(19-17-27)28-12-6-3-7-13-28)37(46)40-32-15-9-8-14-30(32)20-21-31-24-45(39(48)49)35(25-51-31)36-33(42-44-43-36)22-26-10-4-2-5-11-26/h2-19,31,34-35H,20-25H2,1H3,(H,40,46)(H,41,47)(H,48,49)(H,42,43,44)/t31-,34+,35+/m1/s1. The number of anilines is 1. The van der Waals surface area contributed by atoms with Crippen molar-refractivity contribution < 1.29 is 29.0 Å². The number of carboxylic acid groups (broad SMARTS) is 1. The van der Waals surface area contributed by atoms with Gasteiger partial charge in [0, 0.05) is 18.5 Å². The van der Waals surface area contributed by atoms with E-state index in [4.69, 9.17) is 9.47 Å². The Kier molecular flexibility index (Phi) is 11.3. The van der Waals surface area contributed by atoms with Crippen molar-refractivity contribution >= 4 is 23.8 Å². The highest BCUT2D eigenvalue weighted by Crippen LogP contribution is 2.30. The zero-order chi connectivity index (χ0) is 35.6. The number of ether oxygens (including phenoxy) is 2. The van der Waals surface area contributed by atoms with Crippen molar-refractivity contribution in [3.8, 4) is 11.1 Å². The van der Waals surface area contributed by atoms with Crippen LogP contribution in [-0.2, 0) is 33.5 Å². The number of H-pyrrole nitrogens is 1. The second-order valence-corrected chi connectivity index (χ2v) is 12.4. The fraction of sp³-hybridized carbons (Fsp3) is 0.256. The van der Waals surface area contributed by atoms with E-state index in [9.17, 15) is 19.5 Å². The molecule has 0 saturated carbocycles. The smallest absolute Gasteiger partial charge is 0.408 e. The van der Waals surface area contributed by atoms with Crippen LogP contribution in [0.25, 0.3) is 11.1 Å². The molecule has 2 heterocycles. The normalized spacial score (nSPS) is 16.2. The number of amides is 3. The summed E-state index contributed by atoms with van der Waals surface area (Å²) in [5, 5.41) is 27.1. The maximum Gasteiger partial charge on any atom is 0.408 e. The van der Waals surface area contributed by atoms with Crippen LogP contribution >= 0.6 is 0 Å². The van der Waals surface area contributed by atoms with Crippen molar-refractivity contribution in [1.82, 2.24) is 25.6 Å². The number of aryl methyl sites for hydroxylation is 1. The number of carbonyl (C=O) groups is 3. The predicted octanol–water partition coefficient (Wildman–Crippen LogP) is 6.02. The third kappa shape index (κ3) is 8.97. The Morgan fingerprint density at radius 3 is 2.31 bits per heavy atom. The Bertz CT molecular complexity index is 1920. The summed E-state index contributed by atoms with van der Waals surface area (Å²) in [5.41, 5.74) is 6.71. The molecule has 4 aromatic carbocycles. The van der Waals surface area contributed by atoms with Crippen LogP contribution in [0.1, 0.15) is 40.5 Å². The Morgan fingerprint density at radius 1 is 0.902 bits per heavy atom. The molecule has 1 fully saturated rings. The molecular formula is C39H40N6O6. The lowest BCUT2D eigenvalue weighted by molar-refractivity contribution is -0.118. The minimum atomic E-state index is -1.06. The van der Waals surface area contributed by atoms with Gasteiger partial charge in [-0.25, -0.2) is 9.59 Å². The topological polar surface area (TPSA) is 159 Å². The van der Waals surface area contributed by atoms with E-state index in [0.717, 1.165) is 27.8 Å². The Labute approximate surface area is 295 Å². The zero-order valence-electron chi connectivity index (χ0n) is 28.2. The second kappa shape index (κ2) is 16.6. The third-order valence-electron chi connectivity index (χ3n) is 9.00. The lowest BCUT2D eigenvalue weighted by atomic mass is 9.99. The summed E-state index contributed by atoms with van der Waals surface area (Å²) in [7, 11) is 1.25. The van der Waals surface area contributed by atoms with Crippen LogP contribution in [0.4, 0.5) is 15.3 Å². The molecule has 3 atom stereocenters. The van der Waals surface area contributed by atoms with Gasteiger partial charge in [0.05, 0.1) is 32.1 Å². The number of alkyl carbamates (subject to hydrolysis) is 1. The average Bonchev–Trinajstić information content (AvgIpc) is 3.62. The SMILES string of the molecule is COC(=O)N[C@@H](Cc1ccc(-c2ccccc2)cc1)C(=O)Nc1ccccc1CC[C@@H]1CN(C(=O)O)[C@H](c2n[nH]nc2Cc2ccccc2)CO1. The number of para-hydroxylation sites is 1. The van der Waals surface area contributed by atoms with Crippen LogP contribution in [0, 0.1) is 0 Å². The summed E-state index contributed by atoms with van der Waals surface area (Å²) in [6.07, 6.45) is -0.364. The largest absolute Gasteiger partial charge is 0.465 e. The van der Waals surface area contributed by atoms with Gasteiger partial charge in [-0.05, 0) is 46.7 Å². The molecule has 1 saturated heterocycles. The number of aromatic amines is 1. The number of hydrogen-bond donors (Lipinski definition) is 4. The van der Waals surface area contributed by atoms with Gasteiger partial charge in [-0.1, -0.05) is 103 Å². The number of nitrogens with zero attached hydrogens (tertiary/aromatic N) is 3. The maximum atomic E-state index is 13.6. The zero-order valence-corrected chi connectivity index (χ0v) is 28.2. The van der Waals surface area contributed by atoms with Crippen molar-refractivity contribution in [1.29, 1.82) is 0 Å². The van der Waals surface area contributed by atoms with E-state index < -0.39 is 30.2 Å².